The van der Waals surface area contributed by atoms with Crippen molar-refractivity contribution in [1.29, 1.82) is 0 Å². The lowest BCUT2D eigenvalue weighted by Crippen LogP contribution is -1.93. The first-order valence-electron chi connectivity index (χ1n) is 5.52. The molecule has 2 aromatic carbocycles. The van der Waals surface area contributed by atoms with Crippen LogP contribution in [0.3, 0.4) is 0 Å². The van der Waals surface area contributed by atoms with Gasteiger partial charge in [0.1, 0.15) is 0 Å². The maximum Gasteiger partial charge on any atom is 0.0394 e. The molecule has 2 N–H and O–H groups in total. The minimum absolute atomic E-state index is 0.847. The van der Waals surface area contributed by atoms with Crippen LogP contribution in [-0.2, 0) is 0 Å². The van der Waals surface area contributed by atoms with Crippen LogP contribution in [0.25, 0.3) is 11.1 Å². The normalized spacial score (nSPS) is 10.4. The van der Waals surface area contributed by atoms with Crippen LogP contribution in [0.15, 0.2) is 36.4 Å². The molecule has 0 fully saturated rings. The van der Waals surface area contributed by atoms with E-state index in [0.29, 0.717) is 0 Å². The van der Waals surface area contributed by atoms with Gasteiger partial charge in [-0.3, -0.25) is 0 Å². The quantitative estimate of drug-likeness (QED) is 0.712. The second-order valence-electron chi connectivity index (χ2n) is 4.34. The summed E-state index contributed by atoms with van der Waals surface area (Å²) in [5.74, 6) is 0. The third kappa shape index (κ3) is 1.81. The van der Waals surface area contributed by atoms with E-state index in [1.165, 1.54) is 22.3 Å². The van der Waals surface area contributed by atoms with Gasteiger partial charge in [-0.05, 0) is 49.6 Å². The van der Waals surface area contributed by atoms with Crippen molar-refractivity contribution in [2.45, 2.75) is 20.8 Å². The molecule has 0 aliphatic heterocycles. The lowest BCUT2D eigenvalue weighted by molar-refractivity contribution is 1.34. The molecule has 0 aliphatic rings. The standard InChI is InChI=1S/C15H17N/c1-10-7-8-15(16)14(9-10)13-6-4-5-11(2)12(13)3/h4-9H,16H2,1-3H3. The summed E-state index contributed by atoms with van der Waals surface area (Å²) < 4.78 is 0. The fraction of sp³-hybridized carbons (Fsp3) is 0.200. The van der Waals surface area contributed by atoms with Crippen molar-refractivity contribution in [3.8, 4) is 11.1 Å². The zero-order chi connectivity index (χ0) is 11.7. The Bertz CT molecular complexity index is 527. The highest BCUT2D eigenvalue weighted by Gasteiger charge is 2.06. The Labute approximate surface area is 96.9 Å². The monoisotopic (exact) mass is 211 g/mol. The van der Waals surface area contributed by atoms with E-state index in [1.54, 1.807) is 0 Å². The van der Waals surface area contributed by atoms with Crippen LogP contribution in [0.4, 0.5) is 5.69 Å². The maximum absolute atomic E-state index is 6.04. The molecule has 0 atom stereocenters. The molecule has 0 radical (unpaired) electrons. The average molecular weight is 211 g/mol. The lowest BCUT2D eigenvalue weighted by Gasteiger charge is -2.11. The molecule has 82 valence electrons. The molecular weight excluding hydrogens is 194 g/mol. The van der Waals surface area contributed by atoms with E-state index in [9.17, 15) is 0 Å². The number of aryl methyl sites for hydroxylation is 2. The fourth-order valence-electron chi connectivity index (χ4n) is 1.95. The van der Waals surface area contributed by atoms with Crippen LogP contribution in [0.5, 0.6) is 0 Å². The summed E-state index contributed by atoms with van der Waals surface area (Å²) in [4.78, 5) is 0. The summed E-state index contributed by atoms with van der Waals surface area (Å²) >= 11 is 0. The second-order valence-corrected chi connectivity index (χ2v) is 4.34. The minimum atomic E-state index is 0.847. The van der Waals surface area contributed by atoms with Crippen molar-refractivity contribution < 1.29 is 0 Å². The third-order valence-electron chi connectivity index (χ3n) is 3.10. The van der Waals surface area contributed by atoms with E-state index in [1.807, 2.05) is 12.1 Å². The number of benzene rings is 2. The molecule has 0 unspecified atom stereocenters. The van der Waals surface area contributed by atoms with E-state index in [2.05, 4.69) is 45.0 Å². The number of hydrogen-bond acceptors (Lipinski definition) is 1. The molecule has 2 aromatic rings. The molecule has 0 spiro atoms. The number of nitrogen functional groups attached to an aromatic ring is 1. The van der Waals surface area contributed by atoms with Crippen LogP contribution in [0.2, 0.25) is 0 Å². The van der Waals surface area contributed by atoms with E-state index < -0.39 is 0 Å². The third-order valence-corrected chi connectivity index (χ3v) is 3.10. The molecular formula is C15H17N. The smallest absolute Gasteiger partial charge is 0.0394 e. The minimum Gasteiger partial charge on any atom is -0.398 e. The van der Waals surface area contributed by atoms with Gasteiger partial charge in [-0.1, -0.05) is 29.8 Å². The Balaban J connectivity index is 2.67. The van der Waals surface area contributed by atoms with Crippen molar-refractivity contribution in [2.75, 3.05) is 5.73 Å². The first-order valence-corrected chi connectivity index (χ1v) is 5.52. The van der Waals surface area contributed by atoms with Crippen LogP contribution < -0.4 is 5.73 Å². The predicted octanol–water partition coefficient (Wildman–Crippen LogP) is 3.86. The van der Waals surface area contributed by atoms with Crippen LogP contribution in [-0.4, -0.2) is 0 Å². The van der Waals surface area contributed by atoms with Gasteiger partial charge in [-0.2, -0.15) is 0 Å². The van der Waals surface area contributed by atoms with Crippen LogP contribution >= 0.6 is 0 Å². The van der Waals surface area contributed by atoms with Crippen molar-refractivity contribution in [1.82, 2.24) is 0 Å². The zero-order valence-corrected chi connectivity index (χ0v) is 10.0. The molecule has 0 heterocycles. The lowest BCUT2D eigenvalue weighted by atomic mass is 9.95. The average Bonchev–Trinajstić information content (AvgIpc) is 2.26. The first-order chi connectivity index (χ1) is 7.59. The fourth-order valence-corrected chi connectivity index (χ4v) is 1.95. The number of rotatable bonds is 1. The summed E-state index contributed by atoms with van der Waals surface area (Å²) in [6.07, 6.45) is 0. The van der Waals surface area contributed by atoms with Crippen LogP contribution in [0.1, 0.15) is 16.7 Å². The van der Waals surface area contributed by atoms with Gasteiger partial charge in [-0.25, -0.2) is 0 Å². The van der Waals surface area contributed by atoms with Crippen molar-refractivity contribution in [3.63, 3.8) is 0 Å². The number of anilines is 1. The maximum atomic E-state index is 6.04. The van der Waals surface area contributed by atoms with Gasteiger partial charge in [-0.15, -0.1) is 0 Å². The SMILES string of the molecule is Cc1ccc(N)c(-c2cccc(C)c2C)c1. The Morgan fingerprint density at radius 1 is 0.875 bits per heavy atom. The van der Waals surface area contributed by atoms with Gasteiger partial charge < -0.3 is 5.73 Å². The van der Waals surface area contributed by atoms with Gasteiger partial charge in [0.25, 0.3) is 0 Å². The molecule has 2 rings (SSSR count). The second kappa shape index (κ2) is 4.01. The summed E-state index contributed by atoms with van der Waals surface area (Å²) in [6, 6.07) is 12.5. The van der Waals surface area contributed by atoms with Gasteiger partial charge in [0.15, 0.2) is 0 Å². The molecule has 0 saturated carbocycles. The van der Waals surface area contributed by atoms with E-state index in [-0.39, 0.29) is 0 Å². The molecule has 1 nitrogen and oxygen atoms in total. The van der Waals surface area contributed by atoms with Crippen molar-refractivity contribution >= 4 is 5.69 Å². The summed E-state index contributed by atoms with van der Waals surface area (Å²) in [5.41, 5.74) is 13.1. The predicted molar refractivity (Wildman–Crippen MR) is 70.5 cm³/mol. The topological polar surface area (TPSA) is 26.0 Å². The zero-order valence-electron chi connectivity index (χ0n) is 10.0. The molecule has 0 bridgehead atoms. The van der Waals surface area contributed by atoms with E-state index in [4.69, 9.17) is 5.73 Å². The molecule has 1 heteroatoms. The van der Waals surface area contributed by atoms with Gasteiger partial charge in [0, 0.05) is 11.3 Å². The highest BCUT2D eigenvalue weighted by Crippen LogP contribution is 2.30. The Morgan fingerprint density at radius 2 is 1.62 bits per heavy atom. The summed E-state index contributed by atoms with van der Waals surface area (Å²) in [5, 5.41) is 0. The summed E-state index contributed by atoms with van der Waals surface area (Å²) in [6.45, 7) is 6.37. The van der Waals surface area contributed by atoms with Crippen molar-refractivity contribution in [2.24, 2.45) is 0 Å². The number of nitrogens with two attached hydrogens (primary N) is 1. The Morgan fingerprint density at radius 3 is 2.38 bits per heavy atom. The Kier molecular flexibility index (Phi) is 2.69. The Hall–Kier alpha value is -1.76. The largest absolute Gasteiger partial charge is 0.398 e. The van der Waals surface area contributed by atoms with E-state index in [0.717, 1.165) is 11.3 Å². The van der Waals surface area contributed by atoms with Gasteiger partial charge >= 0.3 is 0 Å². The molecule has 0 aromatic heterocycles. The van der Waals surface area contributed by atoms with Crippen LogP contribution in [0, 0.1) is 20.8 Å². The highest BCUT2D eigenvalue weighted by molar-refractivity contribution is 5.79. The molecule has 16 heavy (non-hydrogen) atoms. The number of hydrogen-bond donors (Lipinski definition) is 1. The van der Waals surface area contributed by atoms with E-state index >= 15 is 0 Å². The van der Waals surface area contributed by atoms with Gasteiger partial charge in [0.05, 0.1) is 0 Å². The molecule has 0 aliphatic carbocycles. The van der Waals surface area contributed by atoms with Gasteiger partial charge in [0.2, 0.25) is 0 Å². The van der Waals surface area contributed by atoms with Crippen molar-refractivity contribution in [3.05, 3.63) is 53.1 Å². The molecule has 0 saturated heterocycles. The first kappa shape index (κ1) is 10.7. The summed E-state index contributed by atoms with van der Waals surface area (Å²) in [7, 11) is 0. The molecule has 0 amide bonds. The highest BCUT2D eigenvalue weighted by atomic mass is 14.6.